The van der Waals surface area contributed by atoms with Crippen molar-refractivity contribution in [3.05, 3.63) is 47.9 Å². The number of hydrogen-bond acceptors (Lipinski definition) is 4. The molecule has 1 saturated heterocycles. The number of carbonyl (C=O) groups is 1. The number of hydrogen-bond donors (Lipinski definition) is 1. The minimum absolute atomic E-state index is 0.0211. The Morgan fingerprint density at radius 3 is 3.09 bits per heavy atom. The highest BCUT2D eigenvalue weighted by Gasteiger charge is 2.31. The largest absolute Gasteiger partial charge is 0.328 e. The van der Waals surface area contributed by atoms with Crippen LogP contribution in [0, 0.1) is 6.92 Å². The van der Waals surface area contributed by atoms with Gasteiger partial charge in [-0.05, 0) is 38.3 Å². The average Bonchev–Trinajstić information content (AvgIpc) is 3.22. The summed E-state index contributed by atoms with van der Waals surface area (Å²) in [6.07, 6.45) is 8.40. The molecule has 1 N–H and O–H groups in total. The monoisotopic (exact) mass is 310 g/mol. The number of rotatable bonds is 2. The first-order valence-electron chi connectivity index (χ1n) is 7.85. The first-order valence-corrected chi connectivity index (χ1v) is 7.85. The van der Waals surface area contributed by atoms with Crippen molar-refractivity contribution in [1.82, 2.24) is 29.5 Å². The maximum atomic E-state index is 13.0. The number of aromatic nitrogens is 5. The van der Waals surface area contributed by atoms with Gasteiger partial charge in [0.15, 0.2) is 5.82 Å². The fourth-order valence-corrected chi connectivity index (χ4v) is 3.16. The molecule has 0 spiro atoms. The lowest BCUT2D eigenvalue weighted by atomic mass is 10.0. The van der Waals surface area contributed by atoms with Gasteiger partial charge in [0.25, 0.3) is 5.91 Å². The second-order valence-electron chi connectivity index (χ2n) is 5.90. The minimum atomic E-state index is -0.0558. The summed E-state index contributed by atoms with van der Waals surface area (Å²) in [5.74, 6) is 1.50. The normalized spacial score (nSPS) is 18.5. The number of imidazole rings is 1. The summed E-state index contributed by atoms with van der Waals surface area (Å²) >= 11 is 0. The molecule has 0 radical (unpaired) electrons. The molecule has 4 rings (SSSR count). The Bertz CT molecular complexity index is 851. The van der Waals surface area contributed by atoms with Crippen LogP contribution in [0.25, 0.3) is 5.65 Å². The number of amides is 1. The molecule has 118 valence electrons. The Morgan fingerprint density at radius 2 is 2.26 bits per heavy atom. The van der Waals surface area contributed by atoms with Gasteiger partial charge in [0.2, 0.25) is 0 Å². The van der Waals surface area contributed by atoms with E-state index in [9.17, 15) is 4.79 Å². The van der Waals surface area contributed by atoms with Gasteiger partial charge >= 0.3 is 0 Å². The van der Waals surface area contributed by atoms with E-state index < -0.39 is 0 Å². The van der Waals surface area contributed by atoms with Crippen LogP contribution in [-0.4, -0.2) is 41.9 Å². The molecular weight excluding hydrogens is 292 g/mol. The van der Waals surface area contributed by atoms with Crippen molar-refractivity contribution in [3.63, 3.8) is 0 Å². The van der Waals surface area contributed by atoms with E-state index in [4.69, 9.17) is 0 Å². The molecule has 0 saturated carbocycles. The number of aromatic amines is 1. The second kappa shape index (κ2) is 5.49. The molecule has 1 atom stereocenters. The molecule has 0 aromatic carbocycles. The number of nitrogens with one attached hydrogen (secondary N) is 1. The van der Waals surface area contributed by atoms with Gasteiger partial charge in [0.05, 0.1) is 11.6 Å². The summed E-state index contributed by atoms with van der Waals surface area (Å²) in [5, 5.41) is 7.14. The predicted molar refractivity (Wildman–Crippen MR) is 83.9 cm³/mol. The first-order chi connectivity index (χ1) is 11.2. The van der Waals surface area contributed by atoms with Gasteiger partial charge in [0.1, 0.15) is 11.5 Å². The molecule has 0 aliphatic carbocycles. The minimum Gasteiger partial charge on any atom is -0.328 e. The summed E-state index contributed by atoms with van der Waals surface area (Å²) < 4.78 is 1.86. The number of nitrogens with zero attached hydrogens (tertiary/aromatic N) is 5. The van der Waals surface area contributed by atoms with Gasteiger partial charge in [-0.25, -0.2) is 9.97 Å². The Hall–Kier alpha value is -2.70. The SMILES string of the molecule is Cc1nc(C2CCCCN2C(=O)c2ccc3nccn3c2)n[nH]1. The Kier molecular flexibility index (Phi) is 3.33. The number of fused-ring (bicyclic) bond motifs is 1. The maximum Gasteiger partial charge on any atom is 0.255 e. The first kappa shape index (κ1) is 13.9. The zero-order chi connectivity index (χ0) is 15.8. The quantitative estimate of drug-likeness (QED) is 0.786. The molecule has 1 aliphatic heterocycles. The van der Waals surface area contributed by atoms with Crippen LogP contribution in [0.15, 0.2) is 30.7 Å². The molecular formula is C16H18N6O. The van der Waals surface area contributed by atoms with Gasteiger partial charge in [-0.2, -0.15) is 5.10 Å². The molecule has 1 amide bonds. The van der Waals surface area contributed by atoms with Crippen molar-refractivity contribution in [1.29, 1.82) is 0 Å². The van der Waals surface area contributed by atoms with Gasteiger partial charge < -0.3 is 9.30 Å². The van der Waals surface area contributed by atoms with Crippen molar-refractivity contribution in [2.24, 2.45) is 0 Å². The second-order valence-corrected chi connectivity index (χ2v) is 5.90. The van der Waals surface area contributed by atoms with E-state index in [2.05, 4.69) is 20.2 Å². The van der Waals surface area contributed by atoms with Crippen LogP contribution in [0.2, 0.25) is 0 Å². The van der Waals surface area contributed by atoms with Crippen LogP contribution in [0.3, 0.4) is 0 Å². The standard InChI is InChI=1S/C16H18N6O/c1-11-18-15(20-19-11)13-4-2-3-8-22(13)16(23)12-5-6-14-17-7-9-21(14)10-12/h5-7,9-10,13H,2-4,8H2,1H3,(H,18,19,20). The van der Waals surface area contributed by atoms with Crippen LogP contribution in [-0.2, 0) is 0 Å². The van der Waals surface area contributed by atoms with Gasteiger partial charge in [-0.3, -0.25) is 9.89 Å². The van der Waals surface area contributed by atoms with Crippen LogP contribution in [0.1, 0.15) is 47.3 Å². The van der Waals surface area contributed by atoms with Crippen molar-refractivity contribution >= 4 is 11.6 Å². The van der Waals surface area contributed by atoms with E-state index in [-0.39, 0.29) is 11.9 Å². The summed E-state index contributed by atoms with van der Waals surface area (Å²) in [5.41, 5.74) is 1.50. The molecule has 3 aromatic rings. The fourth-order valence-electron chi connectivity index (χ4n) is 3.16. The Labute approximate surface area is 133 Å². The Morgan fingerprint density at radius 1 is 1.35 bits per heavy atom. The molecule has 0 bridgehead atoms. The third-order valence-corrected chi connectivity index (χ3v) is 4.31. The summed E-state index contributed by atoms with van der Waals surface area (Å²) in [7, 11) is 0. The zero-order valence-electron chi connectivity index (χ0n) is 12.9. The predicted octanol–water partition coefficient (Wildman–Crippen LogP) is 2.13. The highest BCUT2D eigenvalue weighted by molar-refractivity contribution is 5.94. The van der Waals surface area contributed by atoms with Gasteiger partial charge in [-0.15, -0.1) is 0 Å². The summed E-state index contributed by atoms with van der Waals surface area (Å²) in [6.45, 7) is 2.61. The number of aryl methyl sites for hydroxylation is 1. The summed E-state index contributed by atoms with van der Waals surface area (Å²) in [6, 6.07) is 3.64. The molecule has 1 unspecified atom stereocenters. The maximum absolute atomic E-state index is 13.0. The fraction of sp³-hybridized carbons (Fsp3) is 0.375. The number of H-pyrrole nitrogens is 1. The van der Waals surface area contributed by atoms with Crippen molar-refractivity contribution in [2.75, 3.05) is 6.54 Å². The highest BCUT2D eigenvalue weighted by Crippen LogP contribution is 2.30. The van der Waals surface area contributed by atoms with E-state index in [1.165, 1.54) is 0 Å². The van der Waals surface area contributed by atoms with Crippen molar-refractivity contribution < 1.29 is 4.79 Å². The van der Waals surface area contributed by atoms with Crippen molar-refractivity contribution in [2.45, 2.75) is 32.2 Å². The lowest BCUT2D eigenvalue weighted by molar-refractivity contribution is 0.0600. The Balaban J connectivity index is 1.66. The van der Waals surface area contributed by atoms with Crippen LogP contribution in [0.4, 0.5) is 0 Å². The highest BCUT2D eigenvalue weighted by atomic mass is 16.2. The van der Waals surface area contributed by atoms with Gasteiger partial charge in [-0.1, -0.05) is 0 Å². The van der Waals surface area contributed by atoms with Crippen LogP contribution in [0.5, 0.6) is 0 Å². The molecule has 7 heteroatoms. The lowest BCUT2D eigenvalue weighted by Crippen LogP contribution is -2.39. The van der Waals surface area contributed by atoms with E-state index in [0.29, 0.717) is 11.4 Å². The number of piperidine rings is 1. The topological polar surface area (TPSA) is 79.2 Å². The van der Waals surface area contributed by atoms with Gasteiger partial charge in [0, 0.05) is 25.1 Å². The van der Waals surface area contributed by atoms with Crippen LogP contribution < -0.4 is 0 Å². The van der Waals surface area contributed by atoms with Crippen LogP contribution >= 0.6 is 0 Å². The van der Waals surface area contributed by atoms with E-state index >= 15 is 0 Å². The average molecular weight is 310 g/mol. The third kappa shape index (κ3) is 2.48. The number of pyridine rings is 1. The number of carbonyl (C=O) groups excluding carboxylic acids is 1. The molecule has 1 aliphatic rings. The van der Waals surface area contributed by atoms with E-state index in [0.717, 1.165) is 37.3 Å². The molecule has 23 heavy (non-hydrogen) atoms. The zero-order valence-corrected chi connectivity index (χ0v) is 12.9. The van der Waals surface area contributed by atoms with E-state index in [1.54, 1.807) is 6.20 Å². The van der Waals surface area contributed by atoms with Crippen molar-refractivity contribution in [3.8, 4) is 0 Å². The number of likely N-dealkylation sites (tertiary alicyclic amines) is 1. The molecule has 3 aromatic heterocycles. The molecule has 1 fully saturated rings. The smallest absolute Gasteiger partial charge is 0.255 e. The third-order valence-electron chi connectivity index (χ3n) is 4.31. The lowest BCUT2D eigenvalue weighted by Gasteiger charge is -2.34. The summed E-state index contributed by atoms with van der Waals surface area (Å²) in [4.78, 5) is 23.5. The molecule has 7 nitrogen and oxygen atoms in total. The molecule has 4 heterocycles. The van der Waals surface area contributed by atoms with E-state index in [1.807, 2.05) is 40.8 Å².